The number of unbranched alkanes of at least 4 members (excludes halogenated alkanes) is 3. The molecule has 18 heavy (non-hydrogen) atoms. The van der Waals surface area contributed by atoms with Crippen LogP contribution in [0.1, 0.15) is 66.7 Å². The summed E-state index contributed by atoms with van der Waals surface area (Å²) in [6, 6.07) is 12.0. The van der Waals surface area contributed by atoms with E-state index in [0.29, 0.717) is 0 Å². The molecule has 0 bridgehead atoms. The molecule has 1 rings (SSSR count). The summed E-state index contributed by atoms with van der Waals surface area (Å²) in [6.45, 7) is 13.7. The van der Waals surface area contributed by atoms with Crippen LogP contribution in [0.3, 0.4) is 0 Å². The largest absolute Gasteiger partial charge is 0.346 e. The zero-order valence-electron chi connectivity index (χ0n) is 13.3. The number of rotatable bonds is 3. The smallest absolute Gasteiger partial charge is 0 e. The Morgan fingerprint density at radius 3 is 0.889 bits per heavy atom. The summed E-state index contributed by atoms with van der Waals surface area (Å²) in [7, 11) is 0. The summed E-state index contributed by atoms with van der Waals surface area (Å²) in [5, 5.41) is 0. The molecule has 0 atom stereocenters. The Labute approximate surface area is 142 Å². The molecule has 0 N–H and O–H groups in total. The second kappa shape index (κ2) is 36.0. The quantitative estimate of drug-likeness (QED) is 0.438. The Morgan fingerprint density at radius 2 is 0.778 bits per heavy atom. The van der Waals surface area contributed by atoms with Crippen LogP contribution < -0.4 is 0 Å². The number of benzene rings is 1. The maximum Gasteiger partial charge on any atom is 0 e. The van der Waals surface area contributed by atoms with Gasteiger partial charge in [0.15, 0.2) is 0 Å². The molecule has 0 nitrogen and oxygen atoms in total. The molecule has 0 unspecified atom stereocenters. The summed E-state index contributed by atoms with van der Waals surface area (Å²) in [4.78, 5) is 0. The van der Waals surface area contributed by atoms with E-state index in [-0.39, 0.29) is 32.7 Å². The van der Waals surface area contributed by atoms with Crippen LogP contribution in [0.4, 0.5) is 0 Å². The zero-order valence-corrected chi connectivity index (χ0v) is 16.1. The van der Waals surface area contributed by atoms with E-state index >= 15 is 0 Å². The van der Waals surface area contributed by atoms with Gasteiger partial charge in [0.05, 0.1) is 0 Å². The number of hydrogen-bond acceptors (Lipinski definition) is 0. The molecule has 1 heteroatoms. The topological polar surface area (TPSA) is 0 Å². The minimum Gasteiger partial charge on any atom is -0.346 e. The third kappa shape index (κ3) is 44.1. The van der Waals surface area contributed by atoms with E-state index in [4.69, 9.17) is 0 Å². The van der Waals surface area contributed by atoms with Crippen molar-refractivity contribution in [3.05, 3.63) is 43.3 Å². The summed E-state index contributed by atoms with van der Waals surface area (Å²) in [5.41, 5.74) is 0. The van der Waals surface area contributed by atoms with E-state index in [1.807, 2.05) is 36.4 Å². The Balaban J connectivity index is -0.0000000779. The van der Waals surface area contributed by atoms with Gasteiger partial charge in [0.1, 0.15) is 0 Å². The van der Waals surface area contributed by atoms with Crippen LogP contribution in [0.2, 0.25) is 0 Å². The maximum atomic E-state index is 3.25. The predicted octanol–water partition coefficient (Wildman–Crippen LogP) is 6.53. The number of hydrogen-bond donors (Lipinski definition) is 0. The average molecular weight is 326 g/mol. The van der Waals surface area contributed by atoms with Gasteiger partial charge < -0.3 is 6.92 Å². The first-order chi connectivity index (χ1) is 8.33. The minimum atomic E-state index is 0. The fourth-order valence-electron chi connectivity index (χ4n) is 0.885. The van der Waals surface area contributed by atoms with E-state index in [1.165, 1.54) is 32.1 Å². The third-order valence-electron chi connectivity index (χ3n) is 1.62. The molecule has 0 aliphatic heterocycles. The molecule has 0 aliphatic carbocycles. The van der Waals surface area contributed by atoms with E-state index in [2.05, 4.69) is 34.6 Å². The van der Waals surface area contributed by atoms with E-state index < -0.39 is 0 Å². The van der Waals surface area contributed by atoms with Gasteiger partial charge in [-0.15, -0.1) is 0 Å². The first kappa shape index (κ1) is 26.8. The van der Waals surface area contributed by atoms with Gasteiger partial charge in [-0.3, -0.25) is 0 Å². The van der Waals surface area contributed by atoms with Crippen molar-refractivity contribution in [1.82, 2.24) is 0 Å². The van der Waals surface area contributed by atoms with E-state index in [9.17, 15) is 0 Å². The van der Waals surface area contributed by atoms with Crippen LogP contribution in [0.15, 0.2) is 36.4 Å². The van der Waals surface area contributed by atoms with Crippen molar-refractivity contribution in [3.63, 3.8) is 0 Å². The average Bonchev–Trinajstić information content (AvgIpc) is 2.42. The van der Waals surface area contributed by atoms with Crippen molar-refractivity contribution in [1.29, 1.82) is 0 Å². The van der Waals surface area contributed by atoms with Gasteiger partial charge in [-0.2, -0.15) is 6.92 Å². The summed E-state index contributed by atoms with van der Waals surface area (Å²) >= 11 is 0. The van der Waals surface area contributed by atoms with Crippen LogP contribution in [-0.4, -0.2) is 0 Å². The van der Waals surface area contributed by atoms with Crippen molar-refractivity contribution < 1.29 is 32.7 Å². The molecule has 0 aromatic heterocycles. The fourth-order valence-corrected chi connectivity index (χ4v) is 0.885. The molecule has 0 saturated carbocycles. The van der Waals surface area contributed by atoms with Gasteiger partial charge in [-0.05, 0) is 0 Å². The van der Waals surface area contributed by atoms with Gasteiger partial charge in [0, 0.05) is 32.7 Å². The third-order valence-corrected chi connectivity index (χ3v) is 1.62. The molecule has 105 valence electrons. The summed E-state index contributed by atoms with van der Waals surface area (Å²) in [5.74, 6) is 0. The first-order valence-electron chi connectivity index (χ1n) is 7.04. The van der Waals surface area contributed by atoms with Gasteiger partial charge in [-0.25, -0.2) is 0 Å². The van der Waals surface area contributed by atoms with Gasteiger partial charge in [0.2, 0.25) is 0 Å². The minimum absolute atomic E-state index is 0. The van der Waals surface area contributed by atoms with Crippen LogP contribution in [0.25, 0.3) is 0 Å². The van der Waals surface area contributed by atoms with Gasteiger partial charge >= 0.3 is 0 Å². The van der Waals surface area contributed by atoms with Crippen molar-refractivity contribution in [3.8, 4) is 0 Å². The van der Waals surface area contributed by atoms with Gasteiger partial charge in [0.25, 0.3) is 0 Å². The van der Waals surface area contributed by atoms with Crippen molar-refractivity contribution >= 4 is 0 Å². The SMILES string of the molecule is CCC.CCCCCC.[CH2-]C.[Y].c1ccccc1. The molecule has 1 aromatic rings. The molecule has 0 spiro atoms. The molecule has 1 radical (unpaired) electrons. The van der Waals surface area contributed by atoms with Crippen LogP contribution in [-0.2, 0) is 32.7 Å². The fraction of sp³-hybridized carbons (Fsp3) is 0.588. The van der Waals surface area contributed by atoms with Crippen molar-refractivity contribution in [2.45, 2.75) is 66.7 Å². The Hall–Kier alpha value is 0.324. The summed E-state index contributed by atoms with van der Waals surface area (Å²) < 4.78 is 0. The Kier molecular flexibility index (Phi) is 53.6. The molecular formula is C17H33Y-. The molecule has 0 saturated heterocycles. The van der Waals surface area contributed by atoms with Crippen LogP contribution in [0, 0.1) is 6.92 Å². The Morgan fingerprint density at radius 1 is 0.611 bits per heavy atom. The molecule has 0 fully saturated rings. The predicted molar refractivity (Wildman–Crippen MR) is 83.3 cm³/mol. The van der Waals surface area contributed by atoms with Crippen molar-refractivity contribution in [2.24, 2.45) is 0 Å². The van der Waals surface area contributed by atoms with Gasteiger partial charge in [-0.1, -0.05) is 96.2 Å². The second-order valence-corrected chi connectivity index (χ2v) is 3.57. The standard InChI is InChI=1S/C6H6.C6H14.C3H8.C2H5.Y/c1-2-4-6-5-3-1;1-3-5-6-4-2;1-3-2;1-2;/h1-6H;3-6H2,1-2H3;3H2,1-2H3;1H2,2H3;/q;;;-1;. The normalized spacial score (nSPS) is 7.00. The van der Waals surface area contributed by atoms with E-state index in [0.717, 1.165) is 0 Å². The van der Waals surface area contributed by atoms with Crippen LogP contribution in [0.5, 0.6) is 0 Å². The zero-order chi connectivity index (χ0) is 13.8. The van der Waals surface area contributed by atoms with E-state index in [1.54, 1.807) is 6.92 Å². The molecule has 1 aromatic carbocycles. The monoisotopic (exact) mass is 326 g/mol. The summed E-state index contributed by atoms with van der Waals surface area (Å²) in [6.07, 6.45) is 6.79. The second-order valence-electron chi connectivity index (χ2n) is 3.57. The molecule has 0 heterocycles. The first-order valence-corrected chi connectivity index (χ1v) is 7.04. The maximum absolute atomic E-state index is 3.25. The Bertz CT molecular complexity index is 130. The van der Waals surface area contributed by atoms with Crippen LogP contribution >= 0.6 is 0 Å². The molecule has 0 aliphatic rings. The molecular weight excluding hydrogens is 293 g/mol. The molecule has 0 amide bonds. The van der Waals surface area contributed by atoms with Crippen molar-refractivity contribution in [2.75, 3.05) is 0 Å².